The molecule has 2 rings (SSSR count). The third kappa shape index (κ3) is 3.66. The molecule has 0 atom stereocenters. The first-order valence-electron chi connectivity index (χ1n) is 6.18. The van der Waals surface area contributed by atoms with Gasteiger partial charge in [-0.3, -0.25) is 0 Å². The molecule has 4 nitrogen and oxygen atoms in total. The van der Waals surface area contributed by atoms with Gasteiger partial charge in [0.05, 0.1) is 12.7 Å². The third-order valence-corrected chi connectivity index (χ3v) is 3.94. The average Bonchev–Trinajstić information content (AvgIpc) is 2.53. The second kappa shape index (κ2) is 6.99. The Morgan fingerprint density at radius 1 is 1.33 bits per heavy atom. The van der Waals surface area contributed by atoms with E-state index in [4.69, 9.17) is 15.7 Å². The topological polar surface area (TPSA) is 67.8 Å². The van der Waals surface area contributed by atoms with Crippen LogP contribution in [0, 0.1) is 5.82 Å². The number of nitrogens with two attached hydrogens (primary N) is 1. The van der Waals surface area contributed by atoms with Gasteiger partial charge in [0.25, 0.3) is 0 Å². The molecule has 21 heavy (non-hydrogen) atoms. The molecule has 0 aliphatic heterocycles. The first kappa shape index (κ1) is 15.2. The molecule has 0 saturated carbocycles. The number of amidine groups is 1. The number of hydrogen-bond donors (Lipinski definition) is 2. The van der Waals surface area contributed by atoms with Crippen LogP contribution in [0.1, 0.15) is 11.1 Å². The average molecular weight is 306 g/mol. The molecule has 6 heteroatoms. The maximum absolute atomic E-state index is 14.2. The minimum Gasteiger partial charge on any atom is -0.497 e. The molecule has 0 fully saturated rings. The largest absolute Gasteiger partial charge is 0.497 e. The van der Waals surface area contributed by atoms with Crippen molar-refractivity contribution in [1.82, 2.24) is 0 Å². The number of halogens is 1. The molecule has 110 valence electrons. The first-order valence-corrected chi connectivity index (χ1v) is 7.16. The van der Waals surface area contributed by atoms with E-state index in [0.717, 1.165) is 10.6 Å². The molecule has 0 spiro atoms. The zero-order valence-corrected chi connectivity index (χ0v) is 12.2. The molecule has 0 radical (unpaired) electrons. The highest BCUT2D eigenvalue weighted by atomic mass is 32.2. The van der Waals surface area contributed by atoms with E-state index in [1.165, 1.54) is 17.8 Å². The molecule has 0 unspecified atom stereocenters. The monoisotopic (exact) mass is 306 g/mol. The molecule has 0 aromatic heterocycles. The predicted molar refractivity (Wildman–Crippen MR) is 81.5 cm³/mol. The van der Waals surface area contributed by atoms with Crippen molar-refractivity contribution in [3.05, 3.63) is 59.4 Å². The van der Waals surface area contributed by atoms with Crippen LogP contribution >= 0.6 is 11.8 Å². The van der Waals surface area contributed by atoms with Crippen molar-refractivity contribution in [2.24, 2.45) is 10.9 Å². The second-order valence-corrected chi connectivity index (χ2v) is 5.28. The Labute approximate surface area is 126 Å². The summed E-state index contributed by atoms with van der Waals surface area (Å²) in [6.07, 6.45) is 0. The van der Waals surface area contributed by atoms with Gasteiger partial charge in [0.15, 0.2) is 5.84 Å². The minimum atomic E-state index is -0.469. The van der Waals surface area contributed by atoms with Crippen LogP contribution in [0.3, 0.4) is 0 Å². The number of oxime groups is 1. The molecule has 2 aromatic carbocycles. The van der Waals surface area contributed by atoms with Gasteiger partial charge in [-0.25, -0.2) is 4.39 Å². The van der Waals surface area contributed by atoms with E-state index in [1.807, 2.05) is 24.3 Å². The number of thioether (sulfide) groups is 1. The number of hydrogen-bond acceptors (Lipinski definition) is 4. The van der Waals surface area contributed by atoms with Crippen molar-refractivity contribution < 1.29 is 14.3 Å². The summed E-state index contributed by atoms with van der Waals surface area (Å²) in [5.74, 6) is 0.487. The Bertz CT molecular complexity index is 662. The van der Waals surface area contributed by atoms with Crippen LogP contribution in [-0.2, 0) is 5.75 Å². The van der Waals surface area contributed by atoms with Crippen LogP contribution in [-0.4, -0.2) is 18.2 Å². The predicted octanol–water partition coefficient (Wildman–Crippen LogP) is 3.22. The van der Waals surface area contributed by atoms with Gasteiger partial charge in [0, 0.05) is 10.6 Å². The van der Waals surface area contributed by atoms with Crippen molar-refractivity contribution >= 4 is 17.6 Å². The van der Waals surface area contributed by atoms with Crippen molar-refractivity contribution in [3.63, 3.8) is 0 Å². The summed E-state index contributed by atoms with van der Waals surface area (Å²) in [6, 6.07) is 12.4. The van der Waals surface area contributed by atoms with E-state index >= 15 is 0 Å². The Kier molecular flexibility index (Phi) is 5.05. The summed E-state index contributed by atoms with van der Waals surface area (Å²) < 4.78 is 19.4. The molecule has 0 amide bonds. The lowest BCUT2D eigenvalue weighted by atomic mass is 10.1. The summed E-state index contributed by atoms with van der Waals surface area (Å²) in [6.45, 7) is 0. The van der Waals surface area contributed by atoms with Gasteiger partial charge in [-0.2, -0.15) is 0 Å². The highest BCUT2D eigenvalue weighted by Gasteiger charge is 2.11. The maximum Gasteiger partial charge on any atom is 0.173 e. The van der Waals surface area contributed by atoms with E-state index in [2.05, 4.69) is 5.16 Å². The summed E-state index contributed by atoms with van der Waals surface area (Å²) in [4.78, 5) is 0.975. The number of rotatable bonds is 5. The fourth-order valence-corrected chi connectivity index (χ4v) is 2.71. The van der Waals surface area contributed by atoms with E-state index in [9.17, 15) is 4.39 Å². The molecule has 0 aliphatic rings. The maximum atomic E-state index is 14.2. The van der Waals surface area contributed by atoms with Gasteiger partial charge in [0.2, 0.25) is 0 Å². The van der Waals surface area contributed by atoms with Gasteiger partial charge in [0.1, 0.15) is 11.6 Å². The van der Waals surface area contributed by atoms with Crippen LogP contribution in [0.5, 0.6) is 5.75 Å². The van der Waals surface area contributed by atoms with E-state index < -0.39 is 5.82 Å². The second-order valence-electron chi connectivity index (χ2n) is 4.23. The van der Waals surface area contributed by atoms with Crippen LogP contribution in [0.25, 0.3) is 0 Å². The zero-order valence-electron chi connectivity index (χ0n) is 11.4. The molecular weight excluding hydrogens is 291 g/mol. The Balaban J connectivity index is 2.16. The summed E-state index contributed by atoms with van der Waals surface area (Å²) in [5, 5.41) is 11.5. The van der Waals surface area contributed by atoms with Crippen molar-refractivity contribution in [1.29, 1.82) is 0 Å². The Hall–Kier alpha value is -2.21. The van der Waals surface area contributed by atoms with Gasteiger partial charge in [-0.05, 0) is 29.8 Å². The summed E-state index contributed by atoms with van der Waals surface area (Å²) in [5.41, 5.74) is 6.04. The molecule has 0 aliphatic carbocycles. The molecule has 2 aromatic rings. The van der Waals surface area contributed by atoms with Gasteiger partial charge < -0.3 is 15.7 Å². The van der Waals surface area contributed by atoms with Crippen LogP contribution in [0.2, 0.25) is 0 Å². The molecule has 0 heterocycles. The number of benzene rings is 2. The van der Waals surface area contributed by atoms with Crippen molar-refractivity contribution in [3.8, 4) is 5.75 Å². The Morgan fingerprint density at radius 3 is 2.81 bits per heavy atom. The number of methoxy groups -OCH3 is 1. The van der Waals surface area contributed by atoms with Gasteiger partial charge >= 0.3 is 0 Å². The SMILES string of the molecule is COc1cccc(SCc2cccc(/C(N)=N/O)c2F)c1. The molecule has 0 bridgehead atoms. The molecular formula is C15H15FN2O2S. The summed E-state index contributed by atoms with van der Waals surface area (Å²) >= 11 is 1.48. The quantitative estimate of drug-likeness (QED) is 0.293. The van der Waals surface area contributed by atoms with E-state index in [-0.39, 0.29) is 11.4 Å². The van der Waals surface area contributed by atoms with Crippen LogP contribution in [0.15, 0.2) is 52.5 Å². The molecule has 0 saturated heterocycles. The van der Waals surface area contributed by atoms with Gasteiger partial charge in [-0.15, -0.1) is 11.8 Å². The minimum absolute atomic E-state index is 0.0984. The van der Waals surface area contributed by atoms with Crippen molar-refractivity contribution in [2.45, 2.75) is 10.6 Å². The first-order chi connectivity index (χ1) is 10.2. The van der Waals surface area contributed by atoms with Gasteiger partial charge in [-0.1, -0.05) is 23.4 Å². The lowest BCUT2D eigenvalue weighted by Crippen LogP contribution is -2.15. The Morgan fingerprint density at radius 2 is 2.10 bits per heavy atom. The number of ether oxygens (including phenoxy) is 1. The van der Waals surface area contributed by atoms with E-state index in [1.54, 1.807) is 19.2 Å². The summed E-state index contributed by atoms with van der Waals surface area (Å²) in [7, 11) is 1.60. The van der Waals surface area contributed by atoms with Crippen LogP contribution in [0.4, 0.5) is 4.39 Å². The molecule has 3 N–H and O–H groups in total. The smallest absolute Gasteiger partial charge is 0.173 e. The normalized spacial score (nSPS) is 11.4. The fraction of sp³-hybridized carbons (Fsp3) is 0.133. The van der Waals surface area contributed by atoms with E-state index in [0.29, 0.717) is 11.3 Å². The lowest BCUT2D eigenvalue weighted by molar-refractivity contribution is 0.318. The number of nitrogens with zero attached hydrogens (tertiary/aromatic N) is 1. The highest BCUT2D eigenvalue weighted by molar-refractivity contribution is 7.98. The standard InChI is InChI=1S/C15H15FN2O2S/c1-20-11-5-3-6-12(8-11)21-9-10-4-2-7-13(14(10)16)15(17)18-19/h2-8,19H,9H2,1H3,(H2,17,18). The lowest BCUT2D eigenvalue weighted by Gasteiger charge is -2.08. The highest BCUT2D eigenvalue weighted by Crippen LogP contribution is 2.27. The third-order valence-electron chi connectivity index (χ3n) is 2.90. The van der Waals surface area contributed by atoms with Crippen molar-refractivity contribution in [2.75, 3.05) is 7.11 Å². The zero-order chi connectivity index (χ0) is 15.2. The van der Waals surface area contributed by atoms with Crippen LogP contribution < -0.4 is 10.5 Å². The fourth-order valence-electron chi connectivity index (χ4n) is 1.80.